The van der Waals surface area contributed by atoms with Crippen molar-refractivity contribution in [1.82, 2.24) is 15.1 Å². The molecule has 1 saturated heterocycles. The van der Waals surface area contributed by atoms with Gasteiger partial charge in [-0.15, -0.1) is 0 Å². The summed E-state index contributed by atoms with van der Waals surface area (Å²) in [6, 6.07) is 0.412. The molecule has 1 aromatic heterocycles. The topological polar surface area (TPSA) is 48.3 Å². The van der Waals surface area contributed by atoms with Crippen LogP contribution in [-0.2, 0) is 11.3 Å². The predicted molar refractivity (Wildman–Crippen MR) is 65.2 cm³/mol. The lowest BCUT2D eigenvalue weighted by Crippen LogP contribution is -2.38. The molecule has 0 bridgehead atoms. The van der Waals surface area contributed by atoms with E-state index >= 15 is 0 Å². The summed E-state index contributed by atoms with van der Waals surface area (Å²) in [6.45, 7) is 4.83. The van der Waals surface area contributed by atoms with Crippen LogP contribution in [0.3, 0.4) is 0 Å². The molecule has 0 spiro atoms. The van der Waals surface area contributed by atoms with Crippen LogP contribution in [0.1, 0.15) is 19.8 Å². The summed E-state index contributed by atoms with van der Waals surface area (Å²) in [6.07, 6.45) is 6.36. The van der Waals surface area contributed by atoms with Crippen molar-refractivity contribution < 1.29 is 9.47 Å². The molecule has 1 fully saturated rings. The highest BCUT2D eigenvalue weighted by Gasteiger charge is 2.21. The molecule has 1 N–H and O–H groups in total. The summed E-state index contributed by atoms with van der Waals surface area (Å²) in [4.78, 5) is 0. The molecule has 1 aliphatic rings. The Morgan fingerprint density at radius 1 is 1.71 bits per heavy atom. The zero-order chi connectivity index (χ0) is 12.1. The van der Waals surface area contributed by atoms with Gasteiger partial charge >= 0.3 is 0 Å². The van der Waals surface area contributed by atoms with Gasteiger partial charge in [0.2, 0.25) is 0 Å². The SMILES string of the molecule is COc1cnn(CCNC(C)C2CCCO2)c1. The van der Waals surface area contributed by atoms with Gasteiger partial charge in [0.25, 0.3) is 0 Å². The molecule has 2 rings (SSSR count). The van der Waals surface area contributed by atoms with Crippen LogP contribution in [-0.4, -0.2) is 42.2 Å². The Kier molecular flexibility index (Phi) is 4.39. The summed E-state index contributed by atoms with van der Waals surface area (Å²) >= 11 is 0. The number of nitrogens with one attached hydrogen (secondary N) is 1. The van der Waals surface area contributed by atoms with Gasteiger partial charge in [-0.1, -0.05) is 0 Å². The maximum atomic E-state index is 5.63. The molecule has 0 radical (unpaired) electrons. The molecule has 2 unspecified atom stereocenters. The Morgan fingerprint density at radius 3 is 3.24 bits per heavy atom. The van der Waals surface area contributed by atoms with Crippen LogP contribution < -0.4 is 10.1 Å². The minimum absolute atomic E-state index is 0.377. The molecule has 17 heavy (non-hydrogen) atoms. The Hall–Kier alpha value is -1.07. The van der Waals surface area contributed by atoms with Gasteiger partial charge in [0.15, 0.2) is 5.75 Å². The first kappa shape index (κ1) is 12.4. The molecule has 0 aromatic carbocycles. The first-order chi connectivity index (χ1) is 8.29. The molecule has 5 heteroatoms. The largest absolute Gasteiger partial charge is 0.493 e. The van der Waals surface area contributed by atoms with Crippen LogP contribution in [0, 0.1) is 0 Å². The maximum absolute atomic E-state index is 5.63. The normalized spacial score (nSPS) is 21.6. The maximum Gasteiger partial charge on any atom is 0.156 e. The van der Waals surface area contributed by atoms with Crippen molar-refractivity contribution in [3.05, 3.63) is 12.4 Å². The zero-order valence-electron chi connectivity index (χ0n) is 10.6. The van der Waals surface area contributed by atoms with Crippen LogP contribution in [0.25, 0.3) is 0 Å². The van der Waals surface area contributed by atoms with Crippen molar-refractivity contribution in [3.63, 3.8) is 0 Å². The Labute approximate surface area is 102 Å². The van der Waals surface area contributed by atoms with E-state index in [1.54, 1.807) is 13.3 Å². The summed E-state index contributed by atoms with van der Waals surface area (Å²) in [5.41, 5.74) is 0. The first-order valence-electron chi connectivity index (χ1n) is 6.21. The average Bonchev–Trinajstić information content (AvgIpc) is 3.00. The van der Waals surface area contributed by atoms with Gasteiger partial charge in [-0.2, -0.15) is 5.10 Å². The van der Waals surface area contributed by atoms with Crippen molar-refractivity contribution in [2.45, 2.75) is 38.5 Å². The molecule has 5 nitrogen and oxygen atoms in total. The van der Waals surface area contributed by atoms with Gasteiger partial charge in [0, 0.05) is 19.2 Å². The van der Waals surface area contributed by atoms with E-state index in [0.29, 0.717) is 12.1 Å². The van der Waals surface area contributed by atoms with Crippen LogP contribution in [0.15, 0.2) is 12.4 Å². The minimum Gasteiger partial charge on any atom is -0.493 e. The van der Waals surface area contributed by atoms with Gasteiger partial charge in [-0.3, -0.25) is 4.68 Å². The third-order valence-corrected chi connectivity index (χ3v) is 3.18. The van der Waals surface area contributed by atoms with Crippen molar-refractivity contribution >= 4 is 0 Å². The summed E-state index contributed by atoms with van der Waals surface area (Å²) in [5, 5.41) is 7.68. The van der Waals surface area contributed by atoms with E-state index in [9.17, 15) is 0 Å². The standard InChI is InChI=1S/C12H21N3O2/c1-10(12-4-3-7-17-12)13-5-6-15-9-11(16-2)8-14-15/h8-10,12-13H,3-7H2,1-2H3. The van der Waals surface area contributed by atoms with E-state index in [4.69, 9.17) is 9.47 Å². The second-order valence-corrected chi connectivity index (χ2v) is 4.44. The molecule has 0 saturated carbocycles. The van der Waals surface area contributed by atoms with E-state index in [1.165, 1.54) is 12.8 Å². The van der Waals surface area contributed by atoms with Gasteiger partial charge in [0.05, 0.1) is 32.2 Å². The third kappa shape index (κ3) is 3.44. The Bertz CT molecular complexity index is 334. The second kappa shape index (κ2) is 6.02. The number of methoxy groups -OCH3 is 1. The Morgan fingerprint density at radius 2 is 2.59 bits per heavy atom. The molecular weight excluding hydrogens is 218 g/mol. The number of hydrogen-bond acceptors (Lipinski definition) is 4. The van der Waals surface area contributed by atoms with Gasteiger partial charge in [0.1, 0.15) is 0 Å². The lowest BCUT2D eigenvalue weighted by molar-refractivity contribution is 0.0834. The van der Waals surface area contributed by atoms with Crippen molar-refractivity contribution in [3.8, 4) is 5.75 Å². The average molecular weight is 239 g/mol. The highest BCUT2D eigenvalue weighted by atomic mass is 16.5. The van der Waals surface area contributed by atoms with E-state index in [1.807, 2.05) is 10.9 Å². The molecule has 1 aromatic rings. The van der Waals surface area contributed by atoms with Gasteiger partial charge in [-0.25, -0.2) is 0 Å². The Balaban J connectivity index is 1.68. The quantitative estimate of drug-likeness (QED) is 0.806. The van der Waals surface area contributed by atoms with E-state index in [-0.39, 0.29) is 0 Å². The predicted octanol–water partition coefficient (Wildman–Crippen LogP) is 1.05. The molecule has 1 aliphatic heterocycles. The number of ether oxygens (including phenoxy) is 2. The van der Waals surface area contributed by atoms with E-state index in [0.717, 1.165) is 25.4 Å². The summed E-state index contributed by atoms with van der Waals surface area (Å²) in [7, 11) is 1.65. The molecule has 96 valence electrons. The summed E-state index contributed by atoms with van der Waals surface area (Å²) < 4.78 is 12.6. The number of aromatic nitrogens is 2. The fraction of sp³-hybridized carbons (Fsp3) is 0.750. The van der Waals surface area contributed by atoms with Crippen molar-refractivity contribution in [2.75, 3.05) is 20.3 Å². The number of hydrogen-bond donors (Lipinski definition) is 1. The van der Waals surface area contributed by atoms with E-state index < -0.39 is 0 Å². The minimum atomic E-state index is 0.377. The number of rotatable bonds is 6. The van der Waals surface area contributed by atoms with Crippen LogP contribution in [0.4, 0.5) is 0 Å². The molecule has 0 aliphatic carbocycles. The highest BCUT2D eigenvalue weighted by Crippen LogP contribution is 2.15. The summed E-state index contributed by atoms with van der Waals surface area (Å²) in [5.74, 6) is 0.803. The monoisotopic (exact) mass is 239 g/mol. The number of nitrogens with zero attached hydrogens (tertiary/aromatic N) is 2. The first-order valence-corrected chi connectivity index (χ1v) is 6.21. The van der Waals surface area contributed by atoms with Crippen LogP contribution in [0.5, 0.6) is 5.75 Å². The fourth-order valence-corrected chi connectivity index (χ4v) is 2.11. The van der Waals surface area contributed by atoms with Crippen LogP contribution in [0.2, 0.25) is 0 Å². The van der Waals surface area contributed by atoms with Gasteiger partial charge in [-0.05, 0) is 19.8 Å². The van der Waals surface area contributed by atoms with Gasteiger partial charge < -0.3 is 14.8 Å². The molecule has 2 atom stereocenters. The van der Waals surface area contributed by atoms with Crippen molar-refractivity contribution in [2.24, 2.45) is 0 Å². The van der Waals surface area contributed by atoms with Crippen LogP contribution >= 0.6 is 0 Å². The van der Waals surface area contributed by atoms with Crippen molar-refractivity contribution in [1.29, 1.82) is 0 Å². The lowest BCUT2D eigenvalue weighted by Gasteiger charge is -2.19. The lowest BCUT2D eigenvalue weighted by atomic mass is 10.1. The zero-order valence-corrected chi connectivity index (χ0v) is 10.6. The third-order valence-electron chi connectivity index (χ3n) is 3.18. The molecular formula is C12H21N3O2. The molecule has 2 heterocycles. The smallest absolute Gasteiger partial charge is 0.156 e. The molecule has 0 amide bonds. The second-order valence-electron chi connectivity index (χ2n) is 4.44. The highest BCUT2D eigenvalue weighted by molar-refractivity contribution is 5.10. The fourth-order valence-electron chi connectivity index (χ4n) is 2.11. The van der Waals surface area contributed by atoms with E-state index in [2.05, 4.69) is 17.3 Å².